The number of urea groups is 1. The van der Waals surface area contributed by atoms with Crippen LogP contribution in [0.25, 0.3) is 0 Å². The first kappa shape index (κ1) is 19.8. The van der Waals surface area contributed by atoms with Crippen LogP contribution in [0.3, 0.4) is 0 Å². The monoisotopic (exact) mass is 422 g/mol. The van der Waals surface area contributed by atoms with E-state index < -0.39 is 33.7 Å². The molecule has 146 valence electrons. The number of halogens is 1. The van der Waals surface area contributed by atoms with Crippen LogP contribution in [0, 0.1) is 5.82 Å². The molecule has 0 aliphatic heterocycles. The summed E-state index contributed by atoms with van der Waals surface area (Å²) in [5.41, 5.74) is 0.370. The predicted molar refractivity (Wildman–Crippen MR) is 100.0 cm³/mol. The highest BCUT2D eigenvalue weighted by Gasteiger charge is 2.21. The van der Waals surface area contributed by atoms with Crippen molar-refractivity contribution in [3.63, 3.8) is 0 Å². The highest BCUT2D eigenvalue weighted by atomic mass is 32.2. The fraction of sp³-hybridized carbons (Fsp3) is 0.125. The number of nitrogens with one attached hydrogen (secondary N) is 3. The summed E-state index contributed by atoms with van der Waals surface area (Å²) in [6, 6.07) is 5.22. The molecule has 3 N–H and O–H groups in total. The lowest BCUT2D eigenvalue weighted by molar-refractivity contribution is 0.251. The number of hydrogen-bond acceptors (Lipinski definition) is 7. The van der Waals surface area contributed by atoms with Gasteiger partial charge in [0, 0.05) is 18.1 Å². The Morgan fingerprint density at radius 1 is 1.39 bits per heavy atom. The molecule has 2 heterocycles. The minimum absolute atomic E-state index is 0.0975. The fourth-order valence-corrected chi connectivity index (χ4v) is 3.74. The van der Waals surface area contributed by atoms with Gasteiger partial charge >= 0.3 is 6.03 Å². The molecule has 0 saturated carbocycles. The van der Waals surface area contributed by atoms with Gasteiger partial charge in [0.15, 0.2) is 5.13 Å². The third kappa shape index (κ3) is 5.06. The number of hydrogen-bond donors (Lipinski definition) is 3. The second-order valence-electron chi connectivity index (χ2n) is 5.49. The van der Waals surface area contributed by atoms with Gasteiger partial charge in [-0.2, -0.15) is 0 Å². The van der Waals surface area contributed by atoms with E-state index >= 15 is 0 Å². The number of amides is 2. The first-order chi connectivity index (χ1) is 13.4. The highest BCUT2D eigenvalue weighted by Crippen LogP contribution is 2.28. The van der Waals surface area contributed by atoms with E-state index in [2.05, 4.69) is 25.6 Å². The molecule has 0 spiro atoms. The van der Waals surface area contributed by atoms with E-state index in [0.717, 1.165) is 17.5 Å². The van der Waals surface area contributed by atoms with Crippen molar-refractivity contribution in [1.82, 2.24) is 20.3 Å². The molecular weight excluding hydrogens is 409 g/mol. The van der Waals surface area contributed by atoms with Gasteiger partial charge in [0.05, 0.1) is 17.6 Å². The summed E-state index contributed by atoms with van der Waals surface area (Å²) in [5.74, 6) is -0.406. The second kappa shape index (κ2) is 8.82. The zero-order chi connectivity index (χ0) is 20.1. The number of carbonyl (C=O) groups excluding carboxylic acids is 1. The van der Waals surface area contributed by atoms with E-state index in [1.54, 1.807) is 6.07 Å². The molecule has 3 rings (SSSR count). The number of benzene rings is 1. The molecule has 0 bridgehead atoms. The molecule has 2 aromatic heterocycles. The number of aromatic nitrogens is 3. The SMILES string of the molecule is O=C(NCc1cccc(F)c1)Nc1nc(C(c2c[nH]c(=O)cn2)S(=O)[O-])cs1. The van der Waals surface area contributed by atoms with Crippen LogP contribution in [0.1, 0.15) is 22.2 Å². The van der Waals surface area contributed by atoms with Crippen LogP contribution in [-0.4, -0.2) is 29.7 Å². The average Bonchev–Trinajstić information content (AvgIpc) is 3.09. The van der Waals surface area contributed by atoms with Gasteiger partial charge in [-0.3, -0.25) is 19.3 Å². The van der Waals surface area contributed by atoms with Gasteiger partial charge in [0.25, 0.3) is 5.56 Å². The summed E-state index contributed by atoms with van der Waals surface area (Å²) in [4.78, 5) is 33.3. The Morgan fingerprint density at radius 3 is 2.89 bits per heavy atom. The lowest BCUT2D eigenvalue weighted by atomic mass is 10.2. The van der Waals surface area contributed by atoms with Gasteiger partial charge < -0.3 is 14.9 Å². The third-order valence-corrected chi connectivity index (χ3v) is 5.15. The van der Waals surface area contributed by atoms with Gasteiger partial charge in [-0.15, -0.1) is 11.3 Å². The van der Waals surface area contributed by atoms with E-state index in [1.807, 2.05) is 0 Å². The number of nitrogens with zero attached hydrogens (tertiary/aromatic N) is 2. The van der Waals surface area contributed by atoms with Crippen molar-refractivity contribution in [3.05, 3.63) is 75.2 Å². The molecule has 0 aliphatic carbocycles. The summed E-state index contributed by atoms with van der Waals surface area (Å²) in [5, 5.41) is 5.48. The molecule has 2 atom stereocenters. The van der Waals surface area contributed by atoms with Crippen LogP contribution in [0.2, 0.25) is 0 Å². The zero-order valence-corrected chi connectivity index (χ0v) is 15.7. The number of carbonyl (C=O) groups is 1. The molecule has 0 fully saturated rings. The second-order valence-corrected chi connectivity index (χ2v) is 7.34. The predicted octanol–water partition coefficient (Wildman–Crippen LogP) is 1.66. The van der Waals surface area contributed by atoms with Crippen molar-refractivity contribution in [3.8, 4) is 0 Å². The Balaban J connectivity index is 1.66. The maximum Gasteiger partial charge on any atom is 0.321 e. The maximum absolute atomic E-state index is 13.1. The van der Waals surface area contributed by atoms with Crippen molar-refractivity contribution >= 4 is 33.6 Å². The Kier molecular flexibility index (Phi) is 6.23. The van der Waals surface area contributed by atoms with Crippen LogP contribution in [0.4, 0.5) is 14.3 Å². The summed E-state index contributed by atoms with van der Waals surface area (Å²) >= 11 is -1.57. The molecule has 2 amide bonds. The zero-order valence-electron chi connectivity index (χ0n) is 14.0. The molecule has 28 heavy (non-hydrogen) atoms. The van der Waals surface area contributed by atoms with Crippen LogP contribution in [-0.2, 0) is 17.6 Å². The van der Waals surface area contributed by atoms with Gasteiger partial charge in [0.1, 0.15) is 11.1 Å². The number of aromatic amines is 1. The average molecular weight is 422 g/mol. The van der Waals surface area contributed by atoms with Gasteiger partial charge in [-0.1, -0.05) is 12.1 Å². The lowest BCUT2D eigenvalue weighted by Crippen LogP contribution is -2.28. The van der Waals surface area contributed by atoms with Crippen LogP contribution in [0.5, 0.6) is 0 Å². The Hall–Kier alpha value is -2.96. The van der Waals surface area contributed by atoms with E-state index in [-0.39, 0.29) is 23.1 Å². The minimum atomic E-state index is -2.60. The minimum Gasteiger partial charge on any atom is -0.772 e. The quantitative estimate of drug-likeness (QED) is 0.516. The van der Waals surface area contributed by atoms with E-state index in [1.165, 1.54) is 29.8 Å². The van der Waals surface area contributed by atoms with Crippen LogP contribution >= 0.6 is 11.3 Å². The molecule has 0 radical (unpaired) electrons. The number of thiazole rings is 1. The number of anilines is 1. The first-order valence-corrected chi connectivity index (χ1v) is 9.81. The summed E-state index contributed by atoms with van der Waals surface area (Å²) < 4.78 is 36.3. The standard InChI is InChI=1S/C16H14FN5O4S2/c17-10-3-1-2-9(4-10)5-20-15(24)22-16-21-12(8-27-16)14(28(25)26)11-6-19-13(23)7-18-11/h1-4,6-8,14H,5H2,(H,19,23)(H,25,26)(H2,20,21,22,24)/p-1. The van der Waals surface area contributed by atoms with Crippen LogP contribution < -0.4 is 16.2 Å². The molecule has 0 saturated heterocycles. The molecule has 2 unspecified atom stereocenters. The van der Waals surface area contributed by atoms with Crippen LogP contribution in [0.15, 0.2) is 46.8 Å². The van der Waals surface area contributed by atoms with Crippen molar-refractivity contribution in [2.75, 3.05) is 5.32 Å². The van der Waals surface area contributed by atoms with Crippen molar-refractivity contribution in [1.29, 1.82) is 0 Å². The fourth-order valence-electron chi connectivity index (χ4n) is 2.28. The molecular formula is C16H13FN5O4S2-. The largest absolute Gasteiger partial charge is 0.772 e. The van der Waals surface area contributed by atoms with Gasteiger partial charge in [0.2, 0.25) is 0 Å². The molecule has 3 aromatic rings. The number of H-pyrrole nitrogens is 1. The normalized spacial score (nSPS) is 12.9. The molecule has 1 aromatic carbocycles. The van der Waals surface area contributed by atoms with Crippen molar-refractivity contribution < 1.29 is 17.9 Å². The third-order valence-electron chi connectivity index (χ3n) is 3.51. The van der Waals surface area contributed by atoms with Crippen molar-refractivity contribution in [2.45, 2.75) is 11.8 Å². The first-order valence-electron chi connectivity index (χ1n) is 7.80. The Morgan fingerprint density at radius 2 is 2.21 bits per heavy atom. The van der Waals surface area contributed by atoms with Gasteiger partial charge in [-0.25, -0.2) is 14.2 Å². The summed E-state index contributed by atoms with van der Waals surface area (Å²) in [6.07, 6.45) is 2.17. The topological polar surface area (TPSA) is 140 Å². The van der Waals surface area contributed by atoms with E-state index in [4.69, 9.17) is 0 Å². The Bertz CT molecular complexity index is 1050. The molecule has 12 heteroatoms. The summed E-state index contributed by atoms with van der Waals surface area (Å²) in [6.45, 7) is 0.107. The van der Waals surface area contributed by atoms with Gasteiger partial charge in [-0.05, 0) is 28.8 Å². The summed E-state index contributed by atoms with van der Waals surface area (Å²) in [7, 11) is 0. The van der Waals surface area contributed by atoms with E-state index in [0.29, 0.717) is 5.56 Å². The lowest BCUT2D eigenvalue weighted by Gasteiger charge is -2.16. The van der Waals surface area contributed by atoms with Crippen molar-refractivity contribution in [2.24, 2.45) is 0 Å². The Labute approximate surface area is 164 Å². The maximum atomic E-state index is 13.1. The molecule has 0 aliphatic rings. The smallest absolute Gasteiger partial charge is 0.321 e. The molecule has 9 nitrogen and oxygen atoms in total. The highest BCUT2D eigenvalue weighted by molar-refractivity contribution is 7.79. The number of rotatable bonds is 6. The van der Waals surface area contributed by atoms with E-state index in [9.17, 15) is 22.7 Å².